The number of ether oxygens (including phenoxy) is 1. The van der Waals surface area contributed by atoms with Crippen molar-refractivity contribution < 1.29 is 4.74 Å². The third-order valence-electron chi connectivity index (χ3n) is 5.14. The molecule has 0 atom stereocenters. The van der Waals surface area contributed by atoms with E-state index in [4.69, 9.17) is 9.72 Å². The second-order valence-electron chi connectivity index (χ2n) is 6.91. The number of hydrogen-bond donors (Lipinski definition) is 3. The first kappa shape index (κ1) is 19.9. The van der Waals surface area contributed by atoms with Gasteiger partial charge in [-0.25, -0.2) is 4.98 Å². The van der Waals surface area contributed by atoms with E-state index < -0.39 is 0 Å². The van der Waals surface area contributed by atoms with Gasteiger partial charge < -0.3 is 20.7 Å². The highest BCUT2D eigenvalue weighted by molar-refractivity contribution is 5.96. The maximum absolute atomic E-state index is 6.29. The molecule has 0 unspecified atom stereocenters. The van der Waals surface area contributed by atoms with E-state index in [1.54, 1.807) is 0 Å². The Balaban J connectivity index is 2.22. The largest absolute Gasteiger partial charge is 0.475 e. The van der Waals surface area contributed by atoms with E-state index >= 15 is 0 Å². The van der Waals surface area contributed by atoms with E-state index in [1.807, 2.05) is 44.7 Å². The van der Waals surface area contributed by atoms with E-state index in [9.17, 15) is 0 Å². The molecule has 3 N–H and O–H groups in total. The summed E-state index contributed by atoms with van der Waals surface area (Å²) in [6, 6.07) is 8.34. The Labute approximate surface area is 167 Å². The summed E-state index contributed by atoms with van der Waals surface area (Å²) in [4.78, 5) is 4.84. The summed E-state index contributed by atoms with van der Waals surface area (Å²) >= 11 is 0. The van der Waals surface area contributed by atoms with Crippen molar-refractivity contribution in [2.24, 2.45) is 0 Å². The third-order valence-corrected chi connectivity index (χ3v) is 5.14. The molecule has 6 heteroatoms. The molecule has 2 heterocycles. The Morgan fingerprint density at radius 1 is 1.00 bits per heavy atom. The molecule has 0 bridgehead atoms. The van der Waals surface area contributed by atoms with Crippen molar-refractivity contribution in [2.75, 3.05) is 37.1 Å². The molecule has 0 aliphatic rings. The fourth-order valence-electron chi connectivity index (χ4n) is 3.55. The van der Waals surface area contributed by atoms with Crippen LogP contribution in [0.4, 0.5) is 17.1 Å². The van der Waals surface area contributed by atoms with Crippen molar-refractivity contribution in [1.82, 2.24) is 9.38 Å². The first-order valence-electron chi connectivity index (χ1n) is 9.93. The fourth-order valence-corrected chi connectivity index (χ4v) is 3.55. The summed E-state index contributed by atoms with van der Waals surface area (Å²) in [6.07, 6.45) is 4.20. The zero-order valence-corrected chi connectivity index (χ0v) is 17.7. The van der Waals surface area contributed by atoms with Crippen LogP contribution >= 0.6 is 0 Å². The summed E-state index contributed by atoms with van der Waals surface area (Å²) in [5.41, 5.74) is 7.11. The minimum absolute atomic E-state index is 0.200. The molecule has 0 amide bonds. The van der Waals surface area contributed by atoms with Crippen molar-refractivity contribution in [3.05, 3.63) is 36.2 Å². The van der Waals surface area contributed by atoms with Crippen LogP contribution < -0.4 is 20.7 Å². The molecule has 0 aliphatic carbocycles. The molecule has 6 nitrogen and oxygen atoms in total. The molecule has 150 valence electrons. The molecule has 0 aliphatic heterocycles. The van der Waals surface area contributed by atoms with Crippen molar-refractivity contribution in [3.8, 4) is 17.0 Å². The van der Waals surface area contributed by atoms with Gasteiger partial charge in [0.2, 0.25) is 5.88 Å². The zero-order valence-electron chi connectivity index (χ0n) is 17.7. The lowest BCUT2D eigenvalue weighted by molar-refractivity contribution is 0.182. The average Bonchev–Trinajstić information content (AvgIpc) is 3.13. The quantitative estimate of drug-likeness (QED) is 0.512. The van der Waals surface area contributed by atoms with Crippen LogP contribution in [-0.4, -0.2) is 36.6 Å². The molecule has 2 aromatic heterocycles. The number of benzene rings is 1. The maximum Gasteiger partial charge on any atom is 0.201 e. The van der Waals surface area contributed by atoms with Crippen molar-refractivity contribution in [1.29, 1.82) is 0 Å². The van der Waals surface area contributed by atoms with Crippen LogP contribution in [0.2, 0.25) is 0 Å². The van der Waals surface area contributed by atoms with Gasteiger partial charge in [0.15, 0.2) is 0 Å². The predicted octanol–water partition coefficient (Wildman–Crippen LogP) is 5.00. The second-order valence-corrected chi connectivity index (χ2v) is 6.91. The summed E-state index contributed by atoms with van der Waals surface area (Å²) in [7, 11) is 5.81. The minimum atomic E-state index is 0.200. The summed E-state index contributed by atoms with van der Waals surface area (Å²) in [6.45, 7) is 6.32. The summed E-state index contributed by atoms with van der Waals surface area (Å²) in [5.74, 6) is 0.839. The van der Waals surface area contributed by atoms with Crippen molar-refractivity contribution in [3.63, 3.8) is 0 Å². The Kier molecular flexibility index (Phi) is 5.97. The van der Waals surface area contributed by atoms with Crippen LogP contribution in [0, 0.1) is 6.92 Å². The number of nitrogens with one attached hydrogen (secondary N) is 3. The number of rotatable bonds is 8. The van der Waals surface area contributed by atoms with E-state index in [0.29, 0.717) is 0 Å². The maximum atomic E-state index is 6.29. The van der Waals surface area contributed by atoms with Gasteiger partial charge in [-0.2, -0.15) is 0 Å². The molecule has 0 saturated carbocycles. The van der Waals surface area contributed by atoms with Crippen molar-refractivity contribution in [2.45, 2.75) is 39.7 Å². The van der Waals surface area contributed by atoms with Crippen LogP contribution in [0.25, 0.3) is 16.8 Å². The third kappa shape index (κ3) is 3.59. The van der Waals surface area contributed by atoms with Crippen LogP contribution in [0.15, 0.2) is 30.5 Å². The van der Waals surface area contributed by atoms with Crippen LogP contribution in [0.1, 0.15) is 32.4 Å². The summed E-state index contributed by atoms with van der Waals surface area (Å²) in [5, 5.41) is 9.88. The zero-order chi connectivity index (χ0) is 20.3. The highest BCUT2D eigenvalue weighted by atomic mass is 16.5. The van der Waals surface area contributed by atoms with Gasteiger partial charge in [0.05, 0.1) is 6.10 Å². The van der Waals surface area contributed by atoms with Crippen LogP contribution in [-0.2, 0) is 0 Å². The normalized spacial score (nSPS) is 11.1. The minimum Gasteiger partial charge on any atom is -0.475 e. The van der Waals surface area contributed by atoms with Gasteiger partial charge in [0, 0.05) is 67.3 Å². The average molecular weight is 382 g/mol. The smallest absolute Gasteiger partial charge is 0.201 e. The second kappa shape index (κ2) is 8.42. The Morgan fingerprint density at radius 2 is 1.64 bits per heavy atom. The summed E-state index contributed by atoms with van der Waals surface area (Å²) < 4.78 is 8.33. The standard InChI is InChI=1S/C22H31N5O/c1-7-16(8-2)28-20-11-14(3)26-22-17(9-10-27(20)22)21-18(24-5)12-15(23-4)13-19(21)25-6/h9-13,16,23-25H,7-8H2,1-6H3. The highest BCUT2D eigenvalue weighted by Crippen LogP contribution is 2.40. The molecule has 3 aromatic rings. The number of anilines is 3. The molecule has 0 radical (unpaired) electrons. The fraction of sp³-hybridized carbons (Fsp3) is 0.409. The Hall–Kier alpha value is -2.89. The lowest BCUT2D eigenvalue weighted by Crippen LogP contribution is -2.15. The lowest BCUT2D eigenvalue weighted by atomic mass is 10.0. The molecule has 0 spiro atoms. The highest BCUT2D eigenvalue weighted by Gasteiger charge is 2.19. The molecule has 1 aromatic carbocycles. The van der Waals surface area contributed by atoms with Gasteiger partial charge in [0.25, 0.3) is 0 Å². The molecule has 28 heavy (non-hydrogen) atoms. The van der Waals surface area contributed by atoms with Gasteiger partial charge in [0.1, 0.15) is 5.65 Å². The first-order chi connectivity index (χ1) is 13.6. The monoisotopic (exact) mass is 381 g/mol. The van der Waals surface area contributed by atoms with E-state index in [1.165, 1.54) is 0 Å². The molecular weight excluding hydrogens is 350 g/mol. The molecular formula is C22H31N5O. The number of aromatic nitrogens is 2. The lowest BCUT2D eigenvalue weighted by Gasteiger charge is -2.18. The van der Waals surface area contributed by atoms with Gasteiger partial charge in [-0.3, -0.25) is 4.40 Å². The van der Waals surface area contributed by atoms with Gasteiger partial charge in [-0.15, -0.1) is 0 Å². The molecule has 0 fully saturated rings. The Bertz CT molecular complexity index is 934. The number of nitrogens with zero attached hydrogens (tertiary/aromatic N) is 2. The number of hydrogen-bond acceptors (Lipinski definition) is 5. The molecule has 0 saturated heterocycles. The Morgan fingerprint density at radius 3 is 2.18 bits per heavy atom. The van der Waals surface area contributed by atoms with Crippen LogP contribution in [0.3, 0.4) is 0 Å². The van der Waals surface area contributed by atoms with Crippen molar-refractivity contribution >= 4 is 22.7 Å². The van der Waals surface area contributed by atoms with E-state index in [-0.39, 0.29) is 6.10 Å². The van der Waals surface area contributed by atoms with Gasteiger partial charge >= 0.3 is 0 Å². The van der Waals surface area contributed by atoms with Gasteiger partial charge in [-0.05, 0) is 38.0 Å². The van der Waals surface area contributed by atoms with Gasteiger partial charge in [-0.1, -0.05) is 13.8 Å². The number of aryl methyl sites for hydroxylation is 1. The molecule has 3 rings (SSSR count). The van der Waals surface area contributed by atoms with E-state index in [2.05, 4.69) is 48.0 Å². The topological polar surface area (TPSA) is 62.6 Å². The predicted molar refractivity (Wildman–Crippen MR) is 119 cm³/mol. The SMILES string of the molecule is CCC(CC)Oc1cc(C)nc2c(-c3c(NC)cc(NC)cc3NC)ccn12. The number of fused-ring (bicyclic) bond motifs is 1. The van der Waals surface area contributed by atoms with E-state index in [0.717, 1.165) is 58.3 Å². The first-order valence-corrected chi connectivity index (χ1v) is 9.93. The van der Waals surface area contributed by atoms with Crippen LogP contribution in [0.5, 0.6) is 5.88 Å².